The Morgan fingerprint density at radius 3 is 1.52 bits per heavy atom. The number of carbonyl (C=O) groups excluding carboxylic acids is 4. The molecule has 0 unspecified atom stereocenters. The summed E-state index contributed by atoms with van der Waals surface area (Å²) in [7, 11) is 0. The van der Waals surface area contributed by atoms with Crippen molar-refractivity contribution in [2.24, 2.45) is 11.8 Å². The highest BCUT2D eigenvalue weighted by atomic mass is 16.7. The Labute approximate surface area is 513 Å². The molecule has 2 aliphatic rings. The van der Waals surface area contributed by atoms with E-state index < -0.39 is 72.3 Å². The summed E-state index contributed by atoms with van der Waals surface area (Å²) in [5.41, 5.74) is 2.14. The third-order valence-electron chi connectivity index (χ3n) is 13.6. The van der Waals surface area contributed by atoms with Crippen LogP contribution in [0, 0.1) is 5.92 Å². The first kappa shape index (κ1) is 70.7. The van der Waals surface area contributed by atoms with E-state index in [-0.39, 0.29) is 87.6 Å². The number of nitrogens with one attached hydrogen (secondary N) is 2. The van der Waals surface area contributed by atoms with Crippen LogP contribution in [0.5, 0.6) is 11.5 Å². The number of carbonyl (C=O) groups is 6. The fourth-order valence-electron chi connectivity index (χ4n) is 9.11. The maximum Gasteiger partial charge on any atom is 0.333 e. The maximum absolute atomic E-state index is 13.5. The first-order valence-corrected chi connectivity index (χ1v) is 29.2. The summed E-state index contributed by atoms with van der Waals surface area (Å²) in [4.78, 5) is 79.9. The van der Waals surface area contributed by atoms with Crippen LogP contribution in [0.3, 0.4) is 0 Å². The number of carboxylic acids is 2. The molecule has 2 fully saturated rings. The second-order valence-electron chi connectivity index (χ2n) is 20.7. The molecule has 89 heavy (non-hydrogen) atoms. The van der Waals surface area contributed by atoms with Crippen LogP contribution in [-0.2, 0) is 106 Å². The number of aliphatic hydroxyl groups is 2. The lowest BCUT2D eigenvalue weighted by Gasteiger charge is -2.31. The molecule has 3 heterocycles. The summed E-state index contributed by atoms with van der Waals surface area (Å²) >= 11 is 0. The number of hydrogen-bond donors (Lipinski definition) is 7. The van der Waals surface area contributed by atoms with Gasteiger partial charge >= 0.3 is 23.9 Å². The Bertz CT molecular complexity index is 2650. The molecule has 0 bridgehead atoms. The van der Waals surface area contributed by atoms with E-state index in [2.05, 4.69) is 41.0 Å². The Hall–Kier alpha value is -7.34. The normalized spacial score (nSPS) is 18.3. The molecule has 6 rings (SSSR count). The topological polar surface area (TPSA) is 409 Å². The zero-order valence-corrected chi connectivity index (χ0v) is 50.0. The van der Waals surface area contributed by atoms with E-state index >= 15 is 0 Å². The average Bonchev–Trinajstić information content (AvgIpc) is 2.45. The van der Waals surface area contributed by atoms with E-state index in [1.807, 2.05) is 0 Å². The summed E-state index contributed by atoms with van der Waals surface area (Å²) in [6, 6.07) is 9.27. The van der Waals surface area contributed by atoms with Crippen molar-refractivity contribution in [1.82, 2.24) is 45.5 Å². The number of aliphatic hydroxyl groups excluding tert-OH is 2. The number of aliphatic carboxylic acids is 2. The zero-order chi connectivity index (χ0) is 63.8. The zero-order valence-electron chi connectivity index (χ0n) is 50.0. The number of aromatic nitrogens is 6. The molecule has 1 saturated heterocycles. The third kappa shape index (κ3) is 26.7. The minimum Gasteiger partial charge on any atom is -0.489 e. The van der Waals surface area contributed by atoms with E-state index in [1.165, 1.54) is 32.0 Å². The number of esters is 2. The SMILES string of the molecule is CC(=O)OCc1ccc(O[C@H]2C[C@@H](O)C[C@@H](C(=O)O)C2)c(C(=O)NCc2cn(CCOCCOCCN(CCOCCOCCON)CCOCCOCCn3cc(CNC(=O)c4cc(COC(C)=O)ccc4O[C@H]4C[C@@H](O)C[C@@H](C(=O)O)O4)nn3)nn2)c1. The minimum absolute atomic E-state index is 0.00815. The van der Waals surface area contributed by atoms with Gasteiger partial charge in [-0.3, -0.25) is 28.9 Å². The molecule has 492 valence electrons. The number of carboxylic acid groups (broad SMARTS) is 2. The Balaban J connectivity index is 0.855. The molecule has 2 amide bonds. The van der Waals surface area contributed by atoms with Gasteiger partial charge in [-0.2, -0.15) is 0 Å². The molecule has 2 aromatic heterocycles. The number of rotatable bonds is 43. The second kappa shape index (κ2) is 38.9. The van der Waals surface area contributed by atoms with Gasteiger partial charge in [0.1, 0.15) is 42.2 Å². The lowest BCUT2D eigenvalue weighted by atomic mass is 9.85. The van der Waals surface area contributed by atoms with Gasteiger partial charge in [-0.25, -0.2) is 20.1 Å². The van der Waals surface area contributed by atoms with Gasteiger partial charge < -0.3 is 88.0 Å². The first-order valence-electron chi connectivity index (χ1n) is 29.2. The van der Waals surface area contributed by atoms with Crippen molar-refractivity contribution in [2.75, 3.05) is 106 Å². The minimum atomic E-state index is -1.29. The van der Waals surface area contributed by atoms with Crippen LogP contribution in [0.15, 0.2) is 48.8 Å². The summed E-state index contributed by atoms with van der Waals surface area (Å²) in [5.74, 6) is 0.133. The molecule has 2 aromatic carbocycles. The Kier molecular flexibility index (Phi) is 30.9. The summed E-state index contributed by atoms with van der Waals surface area (Å²) in [6.45, 7) is 9.60. The highest BCUT2D eigenvalue weighted by Gasteiger charge is 2.36. The lowest BCUT2D eigenvalue weighted by molar-refractivity contribution is -0.195. The van der Waals surface area contributed by atoms with Crippen LogP contribution < -0.4 is 26.0 Å². The molecule has 1 saturated carbocycles. The van der Waals surface area contributed by atoms with Gasteiger partial charge in [-0.1, -0.05) is 22.6 Å². The van der Waals surface area contributed by atoms with E-state index in [9.17, 15) is 49.2 Å². The monoisotopic (exact) mass is 1260 g/mol. The van der Waals surface area contributed by atoms with Gasteiger partial charge in [-0.05, 0) is 48.2 Å². The van der Waals surface area contributed by atoms with Crippen LogP contribution in [0.1, 0.15) is 89.2 Å². The third-order valence-corrected chi connectivity index (χ3v) is 13.6. The van der Waals surface area contributed by atoms with Crippen LogP contribution in [0.2, 0.25) is 0 Å². The highest BCUT2D eigenvalue weighted by Crippen LogP contribution is 2.31. The highest BCUT2D eigenvalue weighted by molar-refractivity contribution is 5.97. The fraction of sp³-hybridized carbons (Fsp3) is 0.614. The smallest absolute Gasteiger partial charge is 0.333 e. The van der Waals surface area contributed by atoms with Crippen molar-refractivity contribution in [2.45, 2.75) is 116 Å². The molecular weight excluding hydrogens is 1180 g/mol. The van der Waals surface area contributed by atoms with Crippen molar-refractivity contribution in [3.8, 4) is 11.5 Å². The van der Waals surface area contributed by atoms with Crippen LogP contribution >= 0.6 is 0 Å². The first-order chi connectivity index (χ1) is 43.0. The Morgan fingerprint density at radius 2 is 1.04 bits per heavy atom. The largest absolute Gasteiger partial charge is 0.489 e. The Morgan fingerprint density at radius 1 is 0.584 bits per heavy atom. The molecule has 4 aromatic rings. The number of nitrogens with zero attached hydrogens (tertiary/aromatic N) is 7. The van der Waals surface area contributed by atoms with Gasteiger partial charge in [0.05, 0.1) is 154 Å². The molecular formula is C57H82N10O22. The van der Waals surface area contributed by atoms with Gasteiger partial charge in [0.2, 0.25) is 6.29 Å². The standard InChI is InChI=1S/C57H82N10O22/c1-38(68)84-36-40-3-5-50(87-47-28-42(56(74)75)27-45(70)29-47)48(25-40)54(72)59-32-43-34-66(63-61-43)10-15-81-19-17-78-12-7-65(9-14-80-21-22-83-23-24-86-58)8-13-79-18-20-82-16-11-67-35-44(62-64-67)33-60-55(73)49-26-41(37-85-39(2)69)4-6-51(49)88-53-31-46(71)30-52(89-53)57(76)77/h3-6,25-26,34-35,42,45-47,52-53,70-71H,7-24,27-33,36-37,58H2,1-2H3,(H,59,72)(H,60,73)(H,74,75)(H,76,77)/t42-,45+,46+,47-,52+,53-/m1/s1. The van der Waals surface area contributed by atoms with Gasteiger partial charge in [-0.15, -0.1) is 10.2 Å². The lowest BCUT2D eigenvalue weighted by Crippen LogP contribution is -2.42. The number of nitrogens with two attached hydrogens (primary N) is 1. The molecule has 1 aliphatic carbocycles. The molecule has 0 radical (unpaired) electrons. The number of amides is 2. The van der Waals surface area contributed by atoms with Crippen molar-refractivity contribution in [3.63, 3.8) is 0 Å². The van der Waals surface area contributed by atoms with Crippen molar-refractivity contribution in [3.05, 3.63) is 82.4 Å². The quantitative estimate of drug-likeness (QED) is 0.0176. The summed E-state index contributed by atoms with van der Waals surface area (Å²) in [5, 5.41) is 61.7. The van der Waals surface area contributed by atoms with Crippen molar-refractivity contribution < 1.29 is 106 Å². The maximum atomic E-state index is 13.5. The van der Waals surface area contributed by atoms with Gasteiger partial charge in [0, 0.05) is 52.7 Å². The fourth-order valence-corrected chi connectivity index (χ4v) is 9.11. The van der Waals surface area contributed by atoms with E-state index in [4.69, 9.17) is 58.0 Å². The van der Waals surface area contributed by atoms with Crippen LogP contribution in [0.25, 0.3) is 0 Å². The number of hydrogen-bond acceptors (Lipinski definition) is 26. The van der Waals surface area contributed by atoms with Crippen molar-refractivity contribution in [1.29, 1.82) is 0 Å². The van der Waals surface area contributed by atoms with Crippen LogP contribution in [-0.4, -0.2) is 227 Å². The molecule has 6 atom stereocenters. The van der Waals surface area contributed by atoms with E-state index in [0.29, 0.717) is 135 Å². The van der Waals surface area contributed by atoms with E-state index in [0.717, 1.165) is 0 Å². The average molecular weight is 1260 g/mol. The molecule has 32 heteroatoms. The molecule has 8 N–H and O–H groups in total. The summed E-state index contributed by atoms with van der Waals surface area (Å²) in [6.07, 6.45) is -1.25. The second-order valence-corrected chi connectivity index (χ2v) is 20.7. The molecule has 0 spiro atoms. The summed E-state index contributed by atoms with van der Waals surface area (Å²) < 4.78 is 65.3. The predicted molar refractivity (Wildman–Crippen MR) is 305 cm³/mol. The predicted octanol–water partition coefficient (Wildman–Crippen LogP) is 0.170. The van der Waals surface area contributed by atoms with Gasteiger partial charge in [0.15, 0.2) is 6.10 Å². The number of benzene rings is 2. The van der Waals surface area contributed by atoms with Crippen LogP contribution in [0.4, 0.5) is 0 Å². The molecule has 1 aliphatic heterocycles. The van der Waals surface area contributed by atoms with Gasteiger partial charge in [0.25, 0.3) is 11.8 Å². The molecule has 32 nitrogen and oxygen atoms in total. The number of ether oxygens (including phenoxy) is 11. The van der Waals surface area contributed by atoms with Crippen molar-refractivity contribution >= 4 is 35.7 Å². The van der Waals surface area contributed by atoms with E-state index in [1.54, 1.807) is 40.0 Å².